The van der Waals surface area contributed by atoms with Crippen molar-refractivity contribution in [3.8, 4) is 5.88 Å². The SMILES string of the molecule is CCNC(=NCc1ccc(OC)nc1)NC1CCN(c2ccccc2Br)C1.I. The summed E-state index contributed by atoms with van der Waals surface area (Å²) in [7, 11) is 1.62. The molecule has 6 nitrogen and oxygen atoms in total. The summed E-state index contributed by atoms with van der Waals surface area (Å²) in [5.41, 5.74) is 2.29. The van der Waals surface area contributed by atoms with E-state index in [0.717, 1.165) is 42.1 Å². The molecule has 0 spiro atoms. The van der Waals surface area contributed by atoms with Crippen molar-refractivity contribution in [1.82, 2.24) is 15.6 Å². The average molecular weight is 560 g/mol. The number of anilines is 1. The van der Waals surface area contributed by atoms with E-state index in [9.17, 15) is 0 Å². The van der Waals surface area contributed by atoms with E-state index in [-0.39, 0.29) is 24.0 Å². The molecule has 1 atom stereocenters. The smallest absolute Gasteiger partial charge is 0.212 e. The van der Waals surface area contributed by atoms with Gasteiger partial charge < -0.3 is 20.3 Å². The second-order valence-electron chi connectivity index (χ2n) is 6.43. The van der Waals surface area contributed by atoms with Gasteiger partial charge in [-0.1, -0.05) is 18.2 Å². The number of hydrogen-bond acceptors (Lipinski definition) is 4. The van der Waals surface area contributed by atoms with E-state index in [4.69, 9.17) is 9.73 Å². The van der Waals surface area contributed by atoms with Gasteiger partial charge in [0.05, 0.1) is 19.3 Å². The topological polar surface area (TPSA) is 61.8 Å². The Labute approximate surface area is 192 Å². The minimum absolute atomic E-state index is 0. The molecule has 1 unspecified atom stereocenters. The molecule has 0 bridgehead atoms. The van der Waals surface area contributed by atoms with E-state index in [2.05, 4.69) is 61.6 Å². The van der Waals surface area contributed by atoms with Crippen LogP contribution in [0.15, 0.2) is 52.1 Å². The highest BCUT2D eigenvalue weighted by Crippen LogP contribution is 2.28. The van der Waals surface area contributed by atoms with Crippen LogP contribution in [0.4, 0.5) is 5.69 Å². The van der Waals surface area contributed by atoms with Gasteiger partial charge in [0.25, 0.3) is 0 Å². The first-order valence-electron chi connectivity index (χ1n) is 9.23. The minimum atomic E-state index is 0. The number of benzene rings is 1. The molecule has 1 aromatic carbocycles. The maximum absolute atomic E-state index is 5.10. The Bertz CT molecular complexity index is 771. The summed E-state index contributed by atoms with van der Waals surface area (Å²) in [6.07, 6.45) is 2.88. The van der Waals surface area contributed by atoms with Gasteiger partial charge in [-0.05, 0) is 47.0 Å². The molecule has 8 heteroatoms. The van der Waals surface area contributed by atoms with E-state index in [1.807, 2.05) is 18.2 Å². The number of hydrogen-bond donors (Lipinski definition) is 2. The molecular formula is C20H27BrIN5O. The van der Waals surface area contributed by atoms with Gasteiger partial charge in [-0.2, -0.15) is 0 Å². The third-order valence-corrected chi connectivity index (χ3v) is 5.16. The van der Waals surface area contributed by atoms with Crippen LogP contribution in [0.25, 0.3) is 0 Å². The number of aliphatic imine (C=N–C) groups is 1. The van der Waals surface area contributed by atoms with Gasteiger partial charge in [0.1, 0.15) is 0 Å². The van der Waals surface area contributed by atoms with E-state index in [1.165, 1.54) is 5.69 Å². The van der Waals surface area contributed by atoms with E-state index in [1.54, 1.807) is 13.3 Å². The monoisotopic (exact) mass is 559 g/mol. The van der Waals surface area contributed by atoms with Crippen molar-refractivity contribution in [1.29, 1.82) is 0 Å². The number of aromatic nitrogens is 1. The summed E-state index contributed by atoms with van der Waals surface area (Å²) >= 11 is 3.65. The van der Waals surface area contributed by atoms with Crippen LogP contribution in [0, 0.1) is 0 Å². The number of ether oxygens (including phenoxy) is 1. The van der Waals surface area contributed by atoms with Crippen LogP contribution in [-0.4, -0.2) is 43.7 Å². The van der Waals surface area contributed by atoms with Crippen LogP contribution in [0.1, 0.15) is 18.9 Å². The molecule has 28 heavy (non-hydrogen) atoms. The number of pyridine rings is 1. The Morgan fingerprint density at radius 1 is 1.32 bits per heavy atom. The Balaban J connectivity index is 0.00000280. The molecule has 1 saturated heterocycles. The zero-order chi connectivity index (χ0) is 19.1. The Hall–Kier alpha value is -1.55. The molecule has 0 saturated carbocycles. The third kappa shape index (κ3) is 6.23. The van der Waals surface area contributed by atoms with Crippen molar-refractivity contribution in [2.75, 3.05) is 31.6 Å². The number of halogens is 2. The lowest BCUT2D eigenvalue weighted by Gasteiger charge is -2.21. The van der Waals surface area contributed by atoms with Crippen molar-refractivity contribution < 1.29 is 4.74 Å². The summed E-state index contributed by atoms with van der Waals surface area (Å²) in [4.78, 5) is 11.3. The quantitative estimate of drug-likeness (QED) is 0.320. The van der Waals surface area contributed by atoms with Gasteiger partial charge in [0, 0.05) is 42.4 Å². The van der Waals surface area contributed by atoms with Crippen molar-refractivity contribution in [2.45, 2.75) is 25.9 Å². The number of methoxy groups -OCH3 is 1. The van der Waals surface area contributed by atoms with Gasteiger partial charge in [0.2, 0.25) is 5.88 Å². The largest absolute Gasteiger partial charge is 0.481 e. The molecule has 1 aromatic heterocycles. The van der Waals surface area contributed by atoms with Gasteiger partial charge in [-0.15, -0.1) is 24.0 Å². The molecule has 2 N–H and O–H groups in total. The van der Waals surface area contributed by atoms with E-state index < -0.39 is 0 Å². The van der Waals surface area contributed by atoms with Crippen LogP contribution in [0.3, 0.4) is 0 Å². The lowest BCUT2D eigenvalue weighted by molar-refractivity contribution is 0.397. The molecule has 1 aliphatic rings. The fourth-order valence-electron chi connectivity index (χ4n) is 3.11. The zero-order valence-corrected chi connectivity index (χ0v) is 20.1. The summed E-state index contributed by atoms with van der Waals surface area (Å²) in [5, 5.41) is 6.90. The summed E-state index contributed by atoms with van der Waals surface area (Å²) in [6, 6.07) is 12.6. The molecule has 1 fully saturated rings. The second kappa shape index (κ2) is 11.5. The molecule has 152 valence electrons. The lowest BCUT2D eigenvalue weighted by Crippen LogP contribution is -2.44. The van der Waals surface area contributed by atoms with Crippen molar-refractivity contribution in [3.63, 3.8) is 0 Å². The predicted octanol–water partition coefficient (Wildman–Crippen LogP) is 3.80. The molecule has 0 aliphatic carbocycles. The number of guanidine groups is 1. The molecule has 0 amide bonds. The van der Waals surface area contributed by atoms with E-state index in [0.29, 0.717) is 18.5 Å². The summed E-state index contributed by atoms with van der Waals surface area (Å²) in [6.45, 7) is 5.47. The molecule has 0 radical (unpaired) electrons. The van der Waals surface area contributed by atoms with Crippen LogP contribution < -0.4 is 20.3 Å². The average Bonchev–Trinajstić information content (AvgIpc) is 3.15. The standard InChI is InChI=1S/C20H26BrN5O.HI/c1-3-22-20(24-13-15-8-9-19(27-2)23-12-15)25-16-10-11-26(14-16)18-7-5-4-6-17(18)21;/h4-9,12,16H,3,10-11,13-14H2,1-2H3,(H2,22,24,25);1H. The highest BCUT2D eigenvalue weighted by molar-refractivity contribution is 14.0. The van der Waals surface area contributed by atoms with Crippen molar-refractivity contribution in [3.05, 3.63) is 52.6 Å². The number of nitrogens with one attached hydrogen (secondary N) is 2. The molecule has 1 aliphatic heterocycles. The fraction of sp³-hybridized carbons (Fsp3) is 0.400. The predicted molar refractivity (Wildman–Crippen MR) is 129 cm³/mol. The molecular weight excluding hydrogens is 533 g/mol. The highest BCUT2D eigenvalue weighted by atomic mass is 127. The first kappa shape index (κ1) is 22.7. The van der Waals surface area contributed by atoms with Crippen LogP contribution in [-0.2, 0) is 6.54 Å². The van der Waals surface area contributed by atoms with Crippen molar-refractivity contribution in [2.24, 2.45) is 4.99 Å². The zero-order valence-electron chi connectivity index (χ0n) is 16.2. The first-order valence-corrected chi connectivity index (χ1v) is 10.0. The van der Waals surface area contributed by atoms with Gasteiger partial charge in [-0.3, -0.25) is 0 Å². The Morgan fingerprint density at radius 3 is 2.82 bits per heavy atom. The van der Waals surface area contributed by atoms with E-state index >= 15 is 0 Å². The Morgan fingerprint density at radius 2 is 2.14 bits per heavy atom. The lowest BCUT2D eigenvalue weighted by atomic mass is 10.2. The summed E-state index contributed by atoms with van der Waals surface area (Å²) < 4.78 is 6.23. The molecule has 2 aromatic rings. The van der Waals surface area contributed by atoms with Gasteiger partial charge in [0.15, 0.2) is 5.96 Å². The van der Waals surface area contributed by atoms with Crippen LogP contribution in [0.2, 0.25) is 0 Å². The number of nitrogens with zero attached hydrogens (tertiary/aromatic N) is 3. The maximum Gasteiger partial charge on any atom is 0.212 e. The molecule has 2 heterocycles. The fourth-order valence-corrected chi connectivity index (χ4v) is 3.65. The first-order chi connectivity index (χ1) is 13.2. The van der Waals surface area contributed by atoms with Crippen LogP contribution >= 0.6 is 39.9 Å². The summed E-state index contributed by atoms with van der Waals surface area (Å²) in [5.74, 6) is 1.46. The van der Waals surface area contributed by atoms with Gasteiger partial charge >= 0.3 is 0 Å². The third-order valence-electron chi connectivity index (χ3n) is 4.49. The van der Waals surface area contributed by atoms with Crippen LogP contribution in [0.5, 0.6) is 5.88 Å². The molecule has 3 rings (SSSR count). The van der Waals surface area contributed by atoms with Gasteiger partial charge in [-0.25, -0.2) is 9.98 Å². The maximum atomic E-state index is 5.10. The van der Waals surface area contributed by atoms with Crippen molar-refractivity contribution >= 4 is 51.6 Å². The minimum Gasteiger partial charge on any atom is -0.481 e. The Kier molecular flexibility index (Phi) is 9.30. The number of rotatable bonds is 6. The normalized spacial score (nSPS) is 16.5. The number of para-hydroxylation sites is 1. The highest BCUT2D eigenvalue weighted by Gasteiger charge is 2.24. The second-order valence-corrected chi connectivity index (χ2v) is 7.29.